The minimum Gasteiger partial charge on any atom is -0.506 e. The fourth-order valence-corrected chi connectivity index (χ4v) is 1.78. The van der Waals surface area contributed by atoms with Crippen molar-refractivity contribution in [3.8, 4) is 5.75 Å². The van der Waals surface area contributed by atoms with Gasteiger partial charge in [-0.05, 0) is 34.7 Å². The third kappa shape index (κ3) is 1.81. The zero-order valence-corrected chi connectivity index (χ0v) is 8.76. The number of aromatic hydroxyl groups is 1. The molecule has 5 heteroatoms. The van der Waals surface area contributed by atoms with Crippen molar-refractivity contribution in [2.45, 2.75) is 0 Å². The minimum absolute atomic E-state index is 0.0481. The highest BCUT2D eigenvalue weighted by Crippen LogP contribution is 2.27. The van der Waals surface area contributed by atoms with Gasteiger partial charge in [0.25, 0.3) is 5.91 Å². The van der Waals surface area contributed by atoms with Gasteiger partial charge in [-0.2, -0.15) is 0 Å². The van der Waals surface area contributed by atoms with Crippen LogP contribution in [0.1, 0.15) is 10.4 Å². The second-order valence-electron chi connectivity index (χ2n) is 2.15. The third-order valence-electron chi connectivity index (χ3n) is 1.29. The van der Waals surface area contributed by atoms with Gasteiger partial charge >= 0.3 is 0 Å². The summed E-state index contributed by atoms with van der Waals surface area (Å²) in [7, 11) is 0. The lowest BCUT2D eigenvalue weighted by Crippen LogP contribution is -2.11. The molecule has 0 unspecified atom stereocenters. The summed E-state index contributed by atoms with van der Waals surface area (Å²) in [6, 6.07) is 2.88. The summed E-state index contributed by atoms with van der Waals surface area (Å²) < 4.78 is 0.508. The van der Waals surface area contributed by atoms with Crippen molar-refractivity contribution >= 4 is 40.1 Å². The molecule has 12 heavy (non-hydrogen) atoms. The van der Waals surface area contributed by atoms with Gasteiger partial charge in [-0.15, -0.1) is 0 Å². The van der Waals surface area contributed by atoms with Crippen LogP contribution in [0.25, 0.3) is 0 Å². The predicted octanol–water partition coefficient (Wildman–Crippen LogP) is 1.75. The van der Waals surface area contributed by atoms with Gasteiger partial charge in [-0.3, -0.25) is 4.79 Å². The van der Waals surface area contributed by atoms with Crippen LogP contribution in [0.5, 0.6) is 5.75 Å². The van der Waals surface area contributed by atoms with Crippen LogP contribution >= 0.6 is 34.2 Å². The van der Waals surface area contributed by atoms with E-state index in [1.807, 2.05) is 22.6 Å². The number of hydrogen-bond donors (Lipinski definition) is 2. The van der Waals surface area contributed by atoms with Gasteiger partial charge in [0.1, 0.15) is 5.75 Å². The van der Waals surface area contributed by atoms with Gasteiger partial charge in [0.2, 0.25) is 0 Å². The highest BCUT2D eigenvalue weighted by atomic mass is 127. The van der Waals surface area contributed by atoms with Gasteiger partial charge in [-0.1, -0.05) is 11.6 Å². The van der Waals surface area contributed by atoms with E-state index in [1.54, 1.807) is 6.07 Å². The van der Waals surface area contributed by atoms with Crippen LogP contribution in [0.3, 0.4) is 0 Å². The van der Waals surface area contributed by atoms with Crippen LogP contribution in [-0.4, -0.2) is 11.0 Å². The molecule has 0 spiro atoms. The lowest BCUT2D eigenvalue weighted by atomic mass is 10.2. The van der Waals surface area contributed by atoms with E-state index in [1.165, 1.54) is 6.07 Å². The topological polar surface area (TPSA) is 63.3 Å². The largest absolute Gasteiger partial charge is 0.506 e. The van der Waals surface area contributed by atoms with E-state index < -0.39 is 5.91 Å². The zero-order chi connectivity index (χ0) is 9.30. The average molecular weight is 297 g/mol. The van der Waals surface area contributed by atoms with Gasteiger partial charge in [0, 0.05) is 5.02 Å². The van der Waals surface area contributed by atoms with E-state index in [9.17, 15) is 9.90 Å². The third-order valence-corrected chi connectivity index (χ3v) is 2.33. The molecule has 0 radical (unpaired) electrons. The Bertz CT molecular complexity index is 340. The molecule has 0 fully saturated rings. The Labute approximate surface area is 87.7 Å². The Hall–Kier alpha value is -0.490. The average Bonchev–Trinajstić information content (AvgIpc) is 1.96. The number of amides is 1. The number of primary amides is 1. The molecule has 1 rings (SSSR count). The van der Waals surface area contributed by atoms with E-state index in [-0.39, 0.29) is 11.3 Å². The maximum Gasteiger partial charge on any atom is 0.252 e. The summed E-state index contributed by atoms with van der Waals surface area (Å²) in [6.07, 6.45) is 0. The summed E-state index contributed by atoms with van der Waals surface area (Å²) >= 11 is 7.51. The highest BCUT2D eigenvalue weighted by molar-refractivity contribution is 14.1. The molecule has 0 atom stereocenters. The molecule has 0 aliphatic carbocycles. The fourth-order valence-electron chi connectivity index (χ4n) is 0.754. The number of halogens is 2. The van der Waals surface area contributed by atoms with Gasteiger partial charge in [0.05, 0.1) is 9.13 Å². The Balaban J connectivity index is 3.37. The number of carbonyl (C=O) groups excluding carboxylic acids is 1. The van der Waals surface area contributed by atoms with Crippen LogP contribution in [0, 0.1) is 3.57 Å². The molecule has 0 saturated heterocycles. The SMILES string of the molecule is NC(=O)c1cc(Cl)cc(I)c1O. The van der Waals surface area contributed by atoms with Crippen LogP contribution in [0.2, 0.25) is 5.02 Å². The molecule has 1 aromatic carbocycles. The van der Waals surface area contributed by atoms with E-state index in [4.69, 9.17) is 17.3 Å². The van der Waals surface area contributed by atoms with E-state index >= 15 is 0 Å². The minimum atomic E-state index is -0.687. The van der Waals surface area contributed by atoms with Crippen molar-refractivity contribution in [2.75, 3.05) is 0 Å². The van der Waals surface area contributed by atoms with Crippen molar-refractivity contribution in [2.24, 2.45) is 5.73 Å². The summed E-state index contributed by atoms with van der Waals surface area (Å²) in [6.45, 7) is 0. The van der Waals surface area contributed by atoms with E-state index in [0.29, 0.717) is 8.59 Å². The maximum atomic E-state index is 10.7. The molecule has 0 aliphatic rings. The molecule has 0 aromatic heterocycles. The first-order valence-corrected chi connectivity index (χ1v) is 4.46. The summed E-state index contributed by atoms with van der Waals surface area (Å²) in [5.41, 5.74) is 5.04. The Morgan fingerprint density at radius 3 is 2.67 bits per heavy atom. The van der Waals surface area contributed by atoms with Crippen LogP contribution < -0.4 is 5.73 Å². The maximum absolute atomic E-state index is 10.7. The Morgan fingerprint density at radius 2 is 2.17 bits per heavy atom. The normalized spacial score (nSPS) is 9.83. The second-order valence-corrected chi connectivity index (χ2v) is 3.75. The molecular formula is C7H5ClINO2. The van der Waals surface area contributed by atoms with Crippen molar-refractivity contribution < 1.29 is 9.90 Å². The van der Waals surface area contributed by atoms with E-state index in [0.717, 1.165) is 0 Å². The molecule has 1 aromatic rings. The molecule has 0 saturated carbocycles. The zero-order valence-electron chi connectivity index (χ0n) is 5.84. The number of hydrogen-bond acceptors (Lipinski definition) is 2. The number of nitrogens with two attached hydrogens (primary N) is 1. The monoisotopic (exact) mass is 297 g/mol. The smallest absolute Gasteiger partial charge is 0.252 e. The first-order valence-electron chi connectivity index (χ1n) is 3.00. The van der Waals surface area contributed by atoms with Crippen molar-refractivity contribution in [3.63, 3.8) is 0 Å². The van der Waals surface area contributed by atoms with Gasteiger partial charge in [0.15, 0.2) is 0 Å². The molecule has 3 N–H and O–H groups in total. The number of rotatable bonds is 1. The second kappa shape index (κ2) is 3.49. The molecule has 0 aliphatic heterocycles. The molecular weight excluding hydrogens is 292 g/mol. The standard InChI is InChI=1S/C7H5ClINO2/c8-3-1-4(7(10)12)6(11)5(9)2-3/h1-2,11H,(H2,10,12). The van der Waals surface area contributed by atoms with Crippen LogP contribution in [0.4, 0.5) is 0 Å². The number of phenols is 1. The Kier molecular flexibility index (Phi) is 2.79. The molecule has 64 valence electrons. The molecule has 3 nitrogen and oxygen atoms in total. The molecule has 1 amide bonds. The summed E-state index contributed by atoms with van der Waals surface area (Å²) in [4.78, 5) is 10.7. The number of benzene rings is 1. The molecule has 0 bridgehead atoms. The van der Waals surface area contributed by atoms with Crippen molar-refractivity contribution in [1.29, 1.82) is 0 Å². The number of carbonyl (C=O) groups is 1. The summed E-state index contributed by atoms with van der Waals surface area (Å²) in [5.74, 6) is -0.805. The molecule has 0 heterocycles. The first kappa shape index (κ1) is 9.60. The quantitative estimate of drug-likeness (QED) is 0.776. The Morgan fingerprint density at radius 1 is 1.58 bits per heavy atom. The lowest BCUT2D eigenvalue weighted by molar-refractivity contribution is 0.0997. The van der Waals surface area contributed by atoms with Crippen LogP contribution in [0.15, 0.2) is 12.1 Å². The highest BCUT2D eigenvalue weighted by Gasteiger charge is 2.11. The first-order chi connectivity index (χ1) is 5.52. The lowest BCUT2D eigenvalue weighted by Gasteiger charge is -2.02. The summed E-state index contributed by atoms with van der Waals surface area (Å²) in [5, 5.41) is 9.71. The van der Waals surface area contributed by atoms with Crippen molar-refractivity contribution in [3.05, 3.63) is 26.3 Å². The van der Waals surface area contributed by atoms with Crippen molar-refractivity contribution in [1.82, 2.24) is 0 Å². The van der Waals surface area contributed by atoms with Gasteiger partial charge in [-0.25, -0.2) is 0 Å². The predicted molar refractivity (Wildman–Crippen MR) is 54.4 cm³/mol. The van der Waals surface area contributed by atoms with E-state index in [2.05, 4.69) is 0 Å². The fraction of sp³-hybridized carbons (Fsp3) is 0. The van der Waals surface area contributed by atoms with Gasteiger partial charge < -0.3 is 10.8 Å². The van der Waals surface area contributed by atoms with Crippen LogP contribution in [-0.2, 0) is 0 Å².